The number of pyridine rings is 1. The van der Waals surface area contributed by atoms with E-state index in [0.29, 0.717) is 11.5 Å². The Morgan fingerprint density at radius 3 is 2.12 bits per heavy atom. The van der Waals surface area contributed by atoms with E-state index in [-0.39, 0.29) is 5.82 Å². The molecule has 0 aliphatic carbocycles. The summed E-state index contributed by atoms with van der Waals surface area (Å²) in [5.74, 6) is 0.217. The molecular weight excluding hydrogens is 305 g/mol. The minimum absolute atomic E-state index is 0.233. The lowest BCUT2D eigenvalue weighted by molar-refractivity contribution is 0.619. The van der Waals surface area contributed by atoms with Crippen molar-refractivity contribution in [1.29, 1.82) is 0 Å². The van der Waals surface area contributed by atoms with Crippen molar-refractivity contribution in [2.24, 2.45) is 0 Å². The van der Waals surface area contributed by atoms with Gasteiger partial charge in [0, 0.05) is 23.8 Å². The van der Waals surface area contributed by atoms with E-state index in [1.165, 1.54) is 6.07 Å². The maximum atomic E-state index is 13.2. The molecule has 3 aromatic rings. The molecule has 1 aromatic carbocycles. The zero-order valence-electron chi connectivity index (χ0n) is 13.9. The number of halogens is 1. The van der Waals surface area contributed by atoms with Gasteiger partial charge in [-0.3, -0.25) is 4.98 Å². The molecule has 0 spiro atoms. The van der Waals surface area contributed by atoms with Crippen molar-refractivity contribution in [3.63, 3.8) is 0 Å². The highest BCUT2D eigenvalue weighted by molar-refractivity contribution is 5.59. The maximum absolute atomic E-state index is 13.2. The van der Waals surface area contributed by atoms with Gasteiger partial charge >= 0.3 is 0 Å². The molecule has 0 amide bonds. The molecule has 0 radical (unpaired) electrons. The van der Waals surface area contributed by atoms with Crippen LogP contribution in [0.5, 0.6) is 0 Å². The summed E-state index contributed by atoms with van der Waals surface area (Å²) in [6.07, 6.45) is 6.75. The Hall–Kier alpha value is -3.02. The summed E-state index contributed by atoms with van der Waals surface area (Å²) >= 11 is 0. The second-order valence-electron chi connectivity index (χ2n) is 4.75. The van der Waals surface area contributed by atoms with Crippen LogP contribution < -0.4 is 10.6 Å². The van der Waals surface area contributed by atoms with Crippen LogP contribution in [0.15, 0.2) is 55.1 Å². The highest BCUT2D eigenvalue weighted by atomic mass is 19.1. The molecule has 124 valence electrons. The zero-order valence-corrected chi connectivity index (χ0v) is 13.9. The molecule has 0 aliphatic rings. The standard InChI is InChI=1S/C16H14FN5.C2H6/c1-11-8-13(2-3-15(11)17)22-16-19-9-14(10-20-16)21-12-4-6-18-7-5-12;1-2/h2-10H,1H3,(H,18,21)(H,19,20,22);1-2H3. The van der Waals surface area contributed by atoms with Gasteiger partial charge in [-0.2, -0.15) is 0 Å². The predicted molar refractivity (Wildman–Crippen MR) is 95.3 cm³/mol. The summed E-state index contributed by atoms with van der Waals surface area (Å²) in [6, 6.07) is 8.48. The predicted octanol–water partition coefficient (Wildman–Crippen LogP) is 4.83. The molecule has 2 heterocycles. The van der Waals surface area contributed by atoms with E-state index in [9.17, 15) is 4.39 Å². The van der Waals surface area contributed by atoms with Crippen LogP contribution in [0.2, 0.25) is 0 Å². The van der Waals surface area contributed by atoms with Crippen molar-refractivity contribution >= 4 is 23.0 Å². The minimum atomic E-state index is -0.233. The number of aryl methyl sites for hydroxylation is 1. The third-order valence-electron chi connectivity index (χ3n) is 3.03. The molecule has 0 saturated carbocycles. The second kappa shape index (κ2) is 8.57. The van der Waals surface area contributed by atoms with Gasteiger partial charge in [0.05, 0.1) is 18.1 Å². The summed E-state index contributed by atoms with van der Waals surface area (Å²) in [7, 11) is 0. The van der Waals surface area contributed by atoms with Crippen LogP contribution in [-0.2, 0) is 0 Å². The number of hydrogen-bond acceptors (Lipinski definition) is 5. The molecule has 0 aliphatic heterocycles. The average Bonchev–Trinajstić information content (AvgIpc) is 2.63. The SMILES string of the molecule is CC.Cc1cc(Nc2ncc(Nc3ccncc3)cn2)ccc1F. The third-order valence-corrected chi connectivity index (χ3v) is 3.03. The molecule has 2 aromatic heterocycles. The summed E-state index contributed by atoms with van der Waals surface area (Å²) in [4.78, 5) is 12.4. The van der Waals surface area contributed by atoms with E-state index in [2.05, 4.69) is 25.6 Å². The number of aromatic nitrogens is 3. The monoisotopic (exact) mass is 325 g/mol. The van der Waals surface area contributed by atoms with Crippen molar-refractivity contribution < 1.29 is 4.39 Å². The van der Waals surface area contributed by atoms with Gasteiger partial charge in [-0.1, -0.05) is 13.8 Å². The van der Waals surface area contributed by atoms with Gasteiger partial charge in [0.15, 0.2) is 0 Å². The first-order valence-electron chi connectivity index (χ1n) is 7.73. The fraction of sp³-hybridized carbons (Fsp3) is 0.167. The Morgan fingerprint density at radius 2 is 1.50 bits per heavy atom. The lowest BCUT2D eigenvalue weighted by Crippen LogP contribution is -1.99. The number of nitrogens with zero attached hydrogens (tertiary/aromatic N) is 3. The Bertz CT molecular complexity index is 760. The first-order chi connectivity index (χ1) is 11.7. The Balaban J connectivity index is 0.00000100. The number of hydrogen-bond donors (Lipinski definition) is 2. The van der Waals surface area contributed by atoms with Crippen molar-refractivity contribution in [3.05, 3.63) is 66.5 Å². The average molecular weight is 325 g/mol. The number of rotatable bonds is 4. The molecule has 0 fully saturated rings. The molecule has 0 unspecified atom stereocenters. The van der Waals surface area contributed by atoms with Gasteiger partial charge in [-0.05, 0) is 42.8 Å². The van der Waals surface area contributed by atoms with Crippen molar-refractivity contribution in [1.82, 2.24) is 15.0 Å². The summed E-state index contributed by atoms with van der Waals surface area (Å²) in [5, 5.41) is 6.21. The van der Waals surface area contributed by atoms with E-state index in [1.54, 1.807) is 43.8 Å². The van der Waals surface area contributed by atoms with E-state index in [4.69, 9.17) is 0 Å². The number of benzene rings is 1. The fourth-order valence-electron chi connectivity index (χ4n) is 1.91. The molecule has 0 atom stereocenters. The molecule has 0 saturated heterocycles. The van der Waals surface area contributed by atoms with E-state index < -0.39 is 0 Å². The van der Waals surface area contributed by atoms with E-state index in [0.717, 1.165) is 17.1 Å². The van der Waals surface area contributed by atoms with Crippen LogP contribution in [0.3, 0.4) is 0 Å². The number of nitrogens with one attached hydrogen (secondary N) is 2. The van der Waals surface area contributed by atoms with Crippen LogP contribution in [-0.4, -0.2) is 15.0 Å². The third kappa shape index (κ3) is 4.74. The largest absolute Gasteiger partial charge is 0.353 e. The van der Waals surface area contributed by atoms with Crippen LogP contribution in [0.4, 0.5) is 27.4 Å². The lowest BCUT2D eigenvalue weighted by atomic mass is 10.2. The topological polar surface area (TPSA) is 62.7 Å². The summed E-state index contributed by atoms with van der Waals surface area (Å²) in [5.41, 5.74) is 3.00. The van der Waals surface area contributed by atoms with E-state index >= 15 is 0 Å². The Labute approximate surface area is 141 Å². The van der Waals surface area contributed by atoms with Crippen molar-refractivity contribution in [3.8, 4) is 0 Å². The Morgan fingerprint density at radius 1 is 0.833 bits per heavy atom. The molecule has 2 N–H and O–H groups in total. The van der Waals surface area contributed by atoms with Crippen LogP contribution in [0.1, 0.15) is 19.4 Å². The first-order valence-corrected chi connectivity index (χ1v) is 7.73. The van der Waals surface area contributed by atoms with Gasteiger partial charge in [0.1, 0.15) is 5.82 Å². The molecule has 0 bridgehead atoms. The van der Waals surface area contributed by atoms with Crippen LogP contribution in [0, 0.1) is 12.7 Å². The Kier molecular flexibility index (Phi) is 6.19. The first kappa shape index (κ1) is 17.3. The maximum Gasteiger partial charge on any atom is 0.227 e. The summed E-state index contributed by atoms with van der Waals surface area (Å²) < 4.78 is 13.2. The van der Waals surface area contributed by atoms with Crippen LogP contribution in [0.25, 0.3) is 0 Å². The number of anilines is 4. The van der Waals surface area contributed by atoms with Crippen LogP contribution >= 0.6 is 0 Å². The van der Waals surface area contributed by atoms with Gasteiger partial charge in [0.2, 0.25) is 5.95 Å². The lowest BCUT2D eigenvalue weighted by Gasteiger charge is -2.08. The van der Waals surface area contributed by atoms with Gasteiger partial charge < -0.3 is 10.6 Å². The second-order valence-corrected chi connectivity index (χ2v) is 4.75. The highest BCUT2D eigenvalue weighted by Crippen LogP contribution is 2.18. The van der Waals surface area contributed by atoms with Crippen molar-refractivity contribution in [2.75, 3.05) is 10.6 Å². The molecule has 6 heteroatoms. The summed E-state index contributed by atoms with van der Waals surface area (Å²) in [6.45, 7) is 5.71. The molecular formula is C18H20FN5. The normalized spacial score (nSPS) is 9.67. The zero-order chi connectivity index (χ0) is 17.4. The molecule has 5 nitrogen and oxygen atoms in total. The van der Waals surface area contributed by atoms with Crippen molar-refractivity contribution in [2.45, 2.75) is 20.8 Å². The van der Waals surface area contributed by atoms with Gasteiger partial charge in [-0.25, -0.2) is 14.4 Å². The smallest absolute Gasteiger partial charge is 0.227 e. The fourth-order valence-corrected chi connectivity index (χ4v) is 1.91. The van der Waals surface area contributed by atoms with Gasteiger partial charge in [0.25, 0.3) is 0 Å². The van der Waals surface area contributed by atoms with Gasteiger partial charge in [-0.15, -0.1) is 0 Å². The molecule has 24 heavy (non-hydrogen) atoms. The molecule has 3 rings (SSSR count). The minimum Gasteiger partial charge on any atom is -0.353 e. The van der Waals surface area contributed by atoms with E-state index in [1.807, 2.05) is 26.0 Å². The highest BCUT2D eigenvalue weighted by Gasteiger charge is 2.02. The quantitative estimate of drug-likeness (QED) is 0.719.